The van der Waals surface area contributed by atoms with Crippen molar-refractivity contribution in [1.82, 2.24) is 14.9 Å². The molecule has 0 amide bonds. The van der Waals surface area contributed by atoms with Gasteiger partial charge >= 0.3 is 0 Å². The summed E-state index contributed by atoms with van der Waals surface area (Å²) in [7, 11) is 0. The van der Waals surface area contributed by atoms with Crippen LogP contribution in [0.25, 0.3) is 11.0 Å². The highest BCUT2D eigenvalue weighted by Crippen LogP contribution is 2.27. The first-order valence-corrected chi connectivity index (χ1v) is 6.89. The number of carbonyl (C=O) groups excluding carboxylic acids is 1. The smallest absolute Gasteiger partial charge is 0.143 e. The molecule has 0 bridgehead atoms. The van der Waals surface area contributed by atoms with Gasteiger partial charge in [-0.2, -0.15) is 0 Å². The lowest BCUT2D eigenvalue weighted by atomic mass is 9.96. The van der Waals surface area contributed by atoms with Crippen molar-refractivity contribution < 1.29 is 4.79 Å². The van der Waals surface area contributed by atoms with E-state index in [1.807, 2.05) is 18.2 Å². The van der Waals surface area contributed by atoms with Gasteiger partial charge in [0.25, 0.3) is 0 Å². The number of likely N-dealkylation sites (tertiary alicyclic amines) is 1. The van der Waals surface area contributed by atoms with Crippen molar-refractivity contribution in [2.75, 3.05) is 19.6 Å². The number of Topliss-reactive ketones (excluding diaryl/α,β-unsaturated/α-hetero) is 1. The molecule has 4 nitrogen and oxygen atoms in total. The van der Waals surface area contributed by atoms with E-state index in [9.17, 15) is 4.79 Å². The largest absolute Gasteiger partial charge is 0.342 e. The molecular formula is C15H19N3O. The fraction of sp³-hybridized carbons (Fsp3) is 0.467. The lowest BCUT2D eigenvalue weighted by Gasteiger charge is -2.30. The number of aromatic nitrogens is 2. The SMILES string of the molecule is CC(=O)CN1CCC(c2nc3ccccc3[nH]2)CC1. The molecule has 1 fully saturated rings. The third-order valence-electron chi connectivity index (χ3n) is 3.83. The fourth-order valence-electron chi connectivity index (χ4n) is 2.85. The number of ketones is 1. The summed E-state index contributed by atoms with van der Waals surface area (Å²) in [5.41, 5.74) is 2.16. The third kappa shape index (κ3) is 2.68. The average Bonchev–Trinajstić information content (AvgIpc) is 2.82. The van der Waals surface area contributed by atoms with E-state index in [4.69, 9.17) is 0 Å². The molecular weight excluding hydrogens is 238 g/mol. The van der Waals surface area contributed by atoms with Crippen LogP contribution >= 0.6 is 0 Å². The van der Waals surface area contributed by atoms with Crippen molar-refractivity contribution in [3.63, 3.8) is 0 Å². The van der Waals surface area contributed by atoms with Crippen LogP contribution in [-0.4, -0.2) is 40.3 Å². The van der Waals surface area contributed by atoms with Crippen molar-refractivity contribution in [2.45, 2.75) is 25.7 Å². The third-order valence-corrected chi connectivity index (χ3v) is 3.83. The van der Waals surface area contributed by atoms with E-state index in [1.54, 1.807) is 6.92 Å². The zero-order valence-electron chi connectivity index (χ0n) is 11.2. The number of nitrogens with zero attached hydrogens (tertiary/aromatic N) is 2. The summed E-state index contributed by atoms with van der Waals surface area (Å²) in [4.78, 5) is 21.5. The lowest BCUT2D eigenvalue weighted by Crippen LogP contribution is -2.36. The highest BCUT2D eigenvalue weighted by Gasteiger charge is 2.23. The van der Waals surface area contributed by atoms with Gasteiger partial charge in [-0.05, 0) is 45.0 Å². The monoisotopic (exact) mass is 257 g/mol. The van der Waals surface area contributed by atoms with E-state index < -0.39 is 0 Å². The number of H-pyrrole nitrogens is 1. The van der Waals surface area contributed by atoms with Crippen LogP contribution in [0, 0.1) is 0 Å². The molecule has 0 unspecified atom stereocenters. The van der Waals surface area contributed by atoms with Gasteiger partial charge in [-0.15, -0.1) is 0 Å². The molecule has 1 saturated heterocycles. The van der Waals surface area contributed by atoms with Gasteiger partial charge in [0.05, 0.1) is 17.6 Å². The molecule has 0 spiro atoms. The van der Waals surface area contributed by atoms with Gasteiger partial charge in [-0.1, -0.05) is 12.1 Å². The average molecular weight is 257 g/mol. The summed E-state index contributed by atoms with van der Waals surface area (Å²) in [6.45, 7) is 4.22. The van der Waals surface area contributed by atoms with Gasteiger partial charge in [0, 0.05) is 5.92 Å². The number of imidazole rings is 1. The van der Waals surface area contributed by atoms with Crippen LogP contribution in [0.5, 0.6) is 0 Å². The quantitative estimate of drug-likeness (QED) is 0.918. The van der Waals surface area contributed by atoms with Crippen molar-refractivity contribution in [3.8, 4) is 0 Å². The molecule has 2 heterocycles. The lowest BCUT2D eigenvalue weighted by molar-refractivity contribution is -0.118. The Bertz CT molecular complexity index is 549. The Morgan fingerprint density at radius 2 is 2.11 bits per heavy atom. The van der Waals surface area contributed by atoms with Gasteiger partial charge in [0.2, 0.25) is 0 Å². The van der Waals surface area contributed by atoms with Crippen LogP contribution in [0.1, 0.15) is 31.5 Å². The maximum atomic E-state index is 11.1. The van der Waals surface area contributed by atoms with E-state index in [0.29, 0.717) is 12.5 Å². The van der Waals surface area contributed by atoms with Crippen molar-refractivity contribution in [3.05, 3.63) is 30.1 Å². The predicted molar refractivity (Wildman–Crippen MR) is 75.2 cm³/mol. The number of fused-ring (bicyclic) bond motifs is 1. The van der Waals surface area contributed by atoms with Crippen LogP contribution in [0.15, 0.2) is 24.3 Å². The Hall–Kier alpha value is -1.68. The molecule has 0 radical (unpaired) electrons. The summed E-state index contributed by atoms with van der Waals surface area (Å²) in [6.07, 6.45) is 2.15. The number of piperidine rings is 1. The number of hydrogen-bond acceptors (Lipinski definition) is 3. The second kappa shape index (κ2) is 5.13. The molecule has 0 atom stereocenters. The molecule has 100 valence electrons. The fourth-order valence-corrected chi connectivity index (χ4v) is 2.85. The van der Waals surface area contributed by atoms with Crippen molar-refractivity contribution in [2.24, 2.45) is 0 Å². The molecule has 1 N–H and O–H groups in total. The summed E-state index contributed by atoms with van der Waals surface area (Å²) in [5.74, 6) is 1.85. The first-order chi connectivity index (χ1) is 9.22. The maximum absolute atomic E-state index is 11.1. The molecule has 3 rings (SSSR count). The van der Waals surface area contributed by atoms with Gasteiger partial charge in [0.15, 0.2) is 0 Å². The topological polar surface area (TPSA) is 49.0 Å². The molecule has 0 aliphatic carbocycles. The van der Waals surface area contributed by atoms with Crippen molar-refractivity contribution >= 4 is 16.8 Å². The molecule has 1 aromatic heterocycles. The number of aromatic amines is 1. The Morgan fingerprint density at radius 1 is 1.37 bits per heavy atom. The number of para-hydroxylation sites is 2. The van der Waals surface area contributed by atoms with Crippen LogP contribution < -0.4 is 0 Å². The second-order valence-corrected chi connectivity index (χ2v) is 5.39. The molecule has 1 aliphatic rings. The van der Waals surface area contributed by atoms with Crippen LogP contribution in [-0.2, 0) is 4.79 Å². The van der Waals surface area contributed by atoms with E-state index in [2.05, 4.69) is 20.9 Å². The summed E-state index contributed by atoms with van der Waals surface area (Å²) in [6, 6.07) is 8.15. The zero-order valence-corrected chi connectivity index (χ0v) is 11.2. The second-order valence-electron chi connectivity index (χ2n) is 5.39. The first kappa shape index (κ1) is 12.4. The highest BCUT2D eigenvalue weighted by atomic mass is 16.1. The Labute approximate surface area is 112 Å². The normalized spacial score (nSPS) is 17.9. The number of hydrogen-bond donors (Lipinski definition) is 1. The summed E-state index contributed by atoms with van der Waals surface area (Å²) < 4.78 is 0. The maximum Gasteiger partial charge on any atom is 0.143 e. The minimum Gasteiger partial charge on any atom is -0.342 e. The van der Waals surface area contributed by atoms with E-state index in [-0.39, 0.29) is 5.78 Å². The molecule has 1 aromatic carbocycles. The molecule has 2 aromatic rings. The van der Waals surface area contributed by atoms with E-state index in [0.717, 1.165) is 42.8 Å². The van der Waals surface area contributed by atoms with Gasteiger partial charge in [-0.25, -0.2) is 4.98 Å². The Morgan fingerprint density at radius 3 is 2.79 bits per heavy atom. The Balaban J connectivity index is 1.69. The van der Waals surface area contributed by atoms with Crippen LogP contribution in [0.3, 0.4) is 0 Å². The van der Waals surface area contributed by atoms with Gasteiger partial charge in [0.1, 0.15) is 11.6 Å². The zero-order chi connectivity index (χ0) is 13.2. The highest BCUT2D eigenvalue weighted by molar-refractivity contribution is 5.77. The first-order valence-electron chi connectivity index (χ1n) is 6.89. The van der Waals surface area contributed by atoms with Gasteiger partial charge < -0.3 is 4.98 Å². The summed E-state index contributed by atoms with van der Waals surface area (Å²) >= 11 is 0. The number of nitrogens with one attached hydrogen (secondary N) is 1. The Kier molecular flexibility index (Phi) is 3.34. The predicted octanol–water partition coefficient (Wildman–Crippen LogP) is 2.33. The van der Waals surface area contributed by atoms with Crippen LogP contribution in [0.2, 0.25) is 0 Å². The molecule has 0 saturated carbocycles. The minimum absolute atomic E-state index is 0.252. The standard InChI is InChI=1S/C15H19N3O/c1-11(19)10-18-8-6-12(7-9-18)15-16-13-4-2-3-5-14(13)17-15/h2-5,12H,6-10H2,1H3,(H,16,17). The van der Waals surface area contributed by atoms with E-state index >= 15 is 0 Å². The molecule has 4 heteroatoms. The van der Waals surface area contributed by atoms with Crippen LogP contribution in [0.4, 0.5) is 0 Å². The molecule has 1 aliphatic heterocycles. The molecule has 19 heavy (non-hydrogen) atoms. The minimum atomic E-state index is 0.252. The number of carbonyl (C=O) groups is 1. The van der Waals surface area contributed by atoms with Gasteiger partial charge in [-0.3, -0.25) is 9.69 Å². The van der Waals surface area contributed by atoms with E-state index in [1.165, 1.54) is 0 Å². The number of rotatable bonds is 3. The van der Waals surface area contributed by atoms with Crippen molar-refractivity contribution in [1.29, 1.82) is 0 Å². The summed E-state index contributed by atoms with van der Waals surface area (Å²) in [5, 5.41) is 0. The number of benzene rings is 1.